The van der Waals surface area contributed by atoms with E-state index >= 15 is 0 Å². The standard InChI is InChI=1S/C30H34Cl2N2O3S/c1-21-15-22(2)30(23(3)16-21)38(36,37)34(19-26-9-10-27(31)28(32)18-26)20-29(35)33-13-11-25(12-14-33)17-24-7-5-4-6-8-24/h4-10,15-16,18,25H,11-14,17,19-20H2,1-3H3. The van der Waals surface area contributed by atoms with Gasteiger partial charge in [0.2, 0.25) is 15.9 Å². The summed E-state index contributed by atoms with van der Waals surface area (Å²) >= 11 is 12.3. The van der Waals surface area contributed by atoms with Crippen molar-refractivity contribution in [3.05, 3.63) is 98.5 Å². The van der Waals surface area contributed by atoms with E-state index in [1.54, 1.807) is 36.9 Å². The van der Waals surface area contributed by atoms with Crippen LogP contribution < -0.4 is 0 Å². The smallest absolute Gasteiger partial charge is 0.244 e. The zero-order chi connectivity index (χ0) is 27.4. The lowest BCUT2D eigenvalue weighted by Crippen LogP contribution is -2.46. The normalized spacial score (nSPS) is 14.7. The van der Waals surface area contributed by atoms with Crippen LogP contribution in [0, 0.1) is 26.7 Å². The molecule has 0 N–H and O–H groups in total. The number of piperidine rings is 1. The van der Waals surface area contributed by atoms with Crippen LogP contribution in [0.2, 0.25) is 10.0 Å². The van der Waals surface area contributed by atoms with Crippen LogP contribution in [-0.4, -0.2) is 43.2 Å². The maximum Gasteiger partial charge on any atom is 0.244 e. The lowest BCUT2D eigenvalue weighted by Gasteiger charge is -2.34. The van der Waals surface area contributed by atoms with Crippen LogP contribution in [0.4, 0.5) is 0 Å². The second-order valence-electron chi connectivity index (χ2n) is 10.3. The van der Waals surface area contributed by atoms with Gasteiger partial charge in [0.1, 0.15) is 0 Å². The van der Waals surface area contributed by atoms with Gasteiger partial charge in [-0.2, -0.15) is 4.31 Å². The first-order valence-corrected chi connectivity index (χ1v) is 15.1. The molecular weight excluding hydrogens is 539 g/mol. The molecule has 38 heavy (non-hydrogen) atoms. The van der Waals surface area contributed by atoms with Gasteiger partial charge >= 0.3 is 0 Å². The molecule has 0 aliphatic carbocycles. The maximum absolute atomic E-state index is 14.0. The van der Waals surface area contributed by atoms with Crippen molar-refractivity contribution in [2.24, 2.45) is 5.92 Å². The summed E-state index contributed by atoms with van der Waals surface area (Å²) < 4.78 is 29.3. The molecule has 4 rings (SSSR count). The largest absolute Gasteiger partial charge is 0.342 e. The number of sulfonamides is 1. The summed E-state index contributed by atoms with van der Waals surface area (Å²) in [6.07, 6.45) is 2.79. The van der Waals surface area contributed by atoms with Crippen molar-refractivity contribution in [2.45, 2.75) is 51.5 Å². The Morgan fingerprint density at radius 1 is 0.895 bits per heavy atom. The van der Waals surface area contributed by atoms with E-state index in [0.29, 0.717) is 45.7 Å². The van der Waals surface area contributed by atoms with Crippen molar-refractivity contribution in [3.63, 3.8) is 0 Å². The van der Waals surface area contributed by atoms with Crippen molar-refractivity contribution in [1.82, 2.24) is 9.21 Å². The van der Waals surface area contributed by atoms with Crippen molar-refractivity contribution in [2.75, 3.05) is 19.6 Å². The molecule has 0 spiro atoms. The highest BCUT2D eigenvalue weighted by Crippen LogP contribution is 2.29. The fourth-order valence-corrected chi connectivity index (χ4v) is 7.46. The number of rotatable bonds is 8. The predicted molar refractivity (Wildman–Crippen MR) is 154 cm³/mol. The minimum atomic E-state index is -3.98. The third kappa shape index (κ3) is 6.78. The minimum Gasteiger partial charge on any atom is -0.342 e. The Bertz CT molecular complexity index is 1380. The number of aryl methyl sites for hydroxylation is 3. The molecule has 1 amide bonds. The van der Waals surface area contributed by atoms with Gasteiger partial charge in [0.15, 0.2) is 0 Å². The van der Waals surface area contributed by atoms with E-state index in [-0.39, 0.29) is 23.9 Å². The van der Waals surface area contributed by atoms with Crippen LogP contribution in [0.5, 0.6) is 0 Å². The van der Waals surface area contributed by atoms with Crippen molar-refractivity contribution in [3.8, 4) is 0 Å². The van der Waals surface area contributed by atoms with Crippen LogP contribution in [0.15, 0.2) is 65.6 Å². The molecule has 1 aliphatic rings. The lowest BCUT2D eigenvalue weighted by atomic mass is 9.90. The molecule has 202 valence electrons. The Labute approximate surface area is 236 Å². The second-order valence-corrected chi connectivity index (χ2v) is 13.0. The SMILES string of the molecule is Cc1cc(C)c(S(=O)(=O)N(CC(=O)N2CCC(Cc3ccccc3)CC2)Cc2ccc(Cl)c(Cl)c2)c(C)c1. The fourth-order valence-electron chi connectivity index (χ4n) is 5.36. The Kier molecular flexibility index (Phi) is 9.19. The van der Waals surface area contributed by atoms with Gasteiger partial charge in [0.25, 0.3) is 0 Å². The molecule has 0 saturated carbocycles. The highest BCUT2D eigenvalue weighted by molar-refractivity contribution is 7.89. The van der Waals surface area contributed by atoms with Crippen LogP contribution in [0.25, 0.3) is 0 Å². The van der Waals surface area contributed by atoms with E-state index in [1.165, 1.54) is 9.87 Å². The van der Waals surface area contributed by atoms with Crippen LogP contribution in [0.1, 0.15) is 40.7 Å². The number of halogens is 2. The van der Waals surface area contributed by atoms with Crippen LogP contribution in [0.3, 0.4) is 0 Å². The molecule has 0 radical (unpaired) electrons. The summed E-state index contributed by atoms with van der Waals surface area (Å²) in [6, 6.07) is 19.1. The zero-order valence-corrected chi connectivity index (χ0v) is 24.4. The summed E-state index contributed by atoms with van der Waals surface area (Å²) in [5, 5.41) is 0.737. The number of hydrogen-bond acceptors (Lipinski definition) is 3. The number of carbonyl (C=O) groups excluding carboxylic acids is 1. The third-order valence-corrected chi connectivity index (χ3v) is 10.0. The first kappa shape index (κ1) is 28.6. The van der Waals surface area contributed by atoms with Gasteiger partial charge in [-0.3, -0.25) is 4.79 Å². The van der Waals surface area contributed by atoms with Gasteiger partial charge in [-0.25, -0.2) is 8.42 Å². The molecule has 1 saturated heterocycles. The maximum atomic E-state index is 14.0. The first-order valence-electron chi connectivity index (χ1n) is 12.9. The van der Waals surface area contributed by atoms with Crippen LogP contribution >= 0.6 is 23.2 Å². The zero-order valence-electron chi connectivity index (χ0n) is 22.1. The number of carbonyl (C=O) groups is 1. The third-order valence-electron chi connectivity index (χ3n) is 7.19. The number of likely N-dealkylation sites (tertiary alicyclic amines) is 1. The fraction of sp³-hybridized carbons (Fsp3) is 0.367. The molecule has 0 aromatic heterocycles. The van der Waals surface area contributed by atoms with Crippen molar-refractivity contribution >= 4 is 39.1 Å². The van der Waals surface area contributed by atoms with E-state index in [1.807, 2.05) is 37.3 Å². The molecule has 5 nitrogen and oxygen atoms in total. The van der Waals surface area contributed by atoms with E-state index in [4.69, 9.17) is 23.2 Å². The van der Waals surface area contributed by atoms with Gasteiger partial charge in [-0.15, -0.1) is 0 Å². The minimum absolute atomic E-state index is 0.0161. The monoisotopic (exact) mass is 572 g/mol. The van der Waals surface area contributed by atoms with Crippen LogP contribution in [-0.2, 0) is 27.8 Å². The molecule has 1 aliphatic heterocycles. The molecule has 1 heterocycles. The number of hydrogen-bond donors (Lipinski definition) is 0. The molecule has 0 bridgehead atoms. The molecule has 3 aromatic rings. The average molecular weight is 574 g/mol. The van der Waals surface area contributed by atoms with Gasteiger partial charge in [-0.1, -0.05) is 77.3 Å². The molecule has 3 aromatic carbocycles. The highest BCUT2D eigenvalue weighted by Gasteiger charge is 2.32. The average Bonchev–Trinajstić information content (AvgIpc) is 2.86. The van der Waals surface area contributed by atoms with Gasteiger partial charge < -0.3 is 4.90 Å². The summed E-state index contributed by atoms with van der Waals surface area (Å²) in [5.41, 5.74) is 4.29. The van der Waals surface area contributed by atoms with Gasteiger partial charge in [0.05, 0.1) is 21.5 Å². The number of amides is 1. The molecule has 8 heteroatoms. The predicted octanol–water partition coefficient (Wildman–Crippen LogP) is 6.59. The van der Waals surface area contributed by atoms with Gasteiger partial charge in [0, 0.05) is 19.6 Å². The Morgan fingerprint density at radius 3 is 2.13 bits per heavy atom. The van der Waals surface area contributed by atoms with Gasteiger partial charge in [-0.05, 0) is 80.3 Å². The number of nitrogens with zero attached hydrogens (tertiary/aromatic N) is 2. The summed E-state index contributed by atoms with van der Waals surface area (Å²) in [4.78, 5) is 15.5. The second kappa shape index (κ2) is 12.2. The quantitative estimate of drug-likeness (QED) is 0.306. The lowest BCUT2D eigenvalue weighted by molar-refractivity contribution is -0.132. The highest BCUT2D eigenvalue weighted by atomic mass is 35.5. The topological polar surface area (TPSA) is 57.7 Å². The Hall–Kier alpha value is -2.38. The Morgan fingerprint density at radius 2 is 1.53 bits per heavy atom. The van der Waals surface area contributed by atoms with Crippen molar-refractivity contribution < 1.29 is 13.2 Å². The molecule has 1 fully saturated rings. The molecule has 0 unspecified atom stereocenters. The Balaban J connectivity index is 1.54. The van der Waals surface area contributed by atoms with E-state index < -0.39 is 10.0 Å². The van der Waals surface area contributed by atoms with E-state index in [0.717, 1.165) is 24.8 Å². The van der Waals surface area contributed by atoms with Crippen molar-refractivity contribution in [1.29, 1.82) is 0 Å². The van der Waals surface area contributed by atoms with E-state index in [9.17, 15) is 13.2 Å². The summed E-state index contributed by atoms with van der Waals surface area (Å²) in [5.74, 6) is 0.324. The number of benzene rings is 3. The first-order chi connectivity index (χ1) is 18.0. The molecule has 0 atom stereocenters. The summed E-state index contributed by atoms with van der Waals surface area (Å²) in [6.45, 7) is 6.56. The summed E-state index contributed by atoms with van der Waals surface area (Å²) in [7, 11) is -3.98. The van der Waals surface area contributed by atoms with E-state index in [2.05, 4.69) is 12.1 Å². The molecular formula is C30H34Cl2N2O3S.